The number of carbonyl (C=O) groups is 3. The van der Waals surface area contributed by atoms with Crippen LogP contribution in [0.3, 0.4) is 0 Å². The van der Waals surface area contributed by atoms with Gasteiger partial charge in [0.1, 0.15) is 6.29 Å². The second-order valence-corrected chi connectivity index (χ2v) is 8.94. The number of carbonyl (C=O) groups excluding carboxylic acids is 3. The van der Waals surface area contributed by atoms with Crippen molar-refractivity contribution in [2.45, 2.75) is 70.8 Å². The van der Waals surface area contributed by atoms with E-state index in [9.17, 15) is 14.4 Å². The van der Waals surface area contributed by atoms with Crippen LogP contribution in [0.25, 0.3) is 11.1 Å². The molecule has 1 aliphatic rings. The monoisotopic (exact) mass is 448 g/mol. The third-order valence-corrected chi connectivity index (χ3v) is 6.40. The summed E-state index contributed by atoms with van der Waals surface area (Å²) in [5.41, 5.74) is 3.18. The summed E-state index contributed by atoms with van der Waals surface area (Å²) in [6.07, 6.45) is 9.92. The smallest absolute Gasteiger partial charge is 0.254 e. The minimum atomic E-state index is -0.0559. The molecule has 5 nitrogen and oxygen atoms in total. The van der Waals surface area contributed by atoms with E-state index in [1.165, 1.54) is 25.7 Å². The van der Waals surface area contributed by atoms with Gasteiger partial charge in [-0.2, -0.15) is 0 Å². The van der Waals surface area contributed by atoms with Crippen LogP contribution in [0.2, 0.25) is 0 Å². The molecule has 1 N–H and O–H groups in total. The van der Waals surface area contributed by atoms with E-state index in [1.54, 1.807) is 6.07 Å². The Balaban J connectivity index is 1.73. The number of hydrogen-bond donors (Lipinski definition) is 1. The average molecular weight is 449 g/mol. The molecular weight excluding hydrogens is 412 g/mol. The van der Waals surface area contributed by atoms with Crippen molar-refractivity contribution in [3.8, 4) is 11.1 Å². The largest absolute Gasteiger partial charge is 0.356 e. The van der Waals surface area contributed by atoms with Gasteiger partial charge in [0, 0.05) is 36.7 Å². The number of rotatable bonds is 11. The van der Waals surface area contributed by atoms with Gasteiger partial charge in [0.2, 0.25) is 5.91 Å². The number of nitrogens with zero attached hydrogens (tertiary/aromatic N) is 1. The lowest BCUT2D eigenvalue weighted by molar-refractivity contribution is -0.121. The van der Waals surface area contributed by atoms with Crippen molar-refractivity contribution in [3.05, 3.63) is 59.7 Å². The predicted molar refractivity (Wildman–Crippen MR) is 132 cm³/mol. The molecule has 0 saturated carbocycles. The highest BCUT2D eigenvalue weighted by molar-refractivity contribution is 5.95. The van der Waals surface area contributed by atoms with Crippen molar-refractivity contribution in [2.75, 3.05) is 13.1 Å². The predicted octanol–water partition coefficient (Wildman–Crippen LogP) is 5.64. The molecule has 0 radical (unpaired) electrons. The normalized spacial score (nSPS) is 16.0. The Kier molecular flexibility index (Phi) is 9.67. The van der Waals surface area contributed by atoms with Crippen molar-refractivity contribution >= 4 is 18.1 Å². The molecule has 1 fully saturated rings. The van der Waals surface area contributed by atoms with Gasteiger partial charge in [-0.15, -0.1) is 0 Å². The van der Waals surface area contributed by atoms with Crippen LogP contribution in [0.5, 0.6) is 0 Å². The second-order valence-electron chi connectivity index (χ2n) is 8.94. The molecule has 2 aromatic carbocycles. The van der Waals surface area contributed by atoms with Gasteiger partial charge in [-0.3, -0.25) is 14.4 Å². The van der Waals surface area contributed by atoms with Crippen molar-refractivity contribution in [3.63, 3.8) is 0 Å². The quantitative estimate of drug-likeness (QED) is 0.357. The maximum absolute atomic E-state index is 13.5. The molecule has 5 heteroatoms. The van der Waals surface area contributed by atoms with Gasteiger partial charge in [0.25, 0.3) is 5.91 Å². The minimum Gasteiger partial charge on any atom is -0.356 e. The van der Waals surface area contributed by atoms with Gasteiger partial charge in [-0.1, -0.05) is 69.4 Å². The van der Waals surface area contributed by atoms with Crippen LogP contribution in [-0.2, 0) is 4.79 Å². The molecule has 0 bridgehead atoms. The third kappa shape index (κ3) is 7.28. The lowest BCUT2D eigenvalue weighted by atomic mass is 10.0. The van der Waals surface area contributed by atoms with Crippen molar-refractivity contribution in [1.82, 2.24) is 10.2 Å². The van der Waals surface area contributed by atoms with E-state index >= 15 is 0 Å². The van der Waals surface area contributed by atoms with E-state index in [4.69, 9.17) is 0 Å². The number of unbranched alkanes of at least 4 members (excludes halogenated alkanes) is 5. The number of hydrogen-bond acceptors (Lipinski definition) is 3. The second kappa shape index (κ2) is 12.9. The molecule has 1 atom stereocenters. The summed E-state index contributed by atoms with van der Waals surface area (Å²) < 4.78 is 0. The summed E-state index contributed by atoms with van der Waals surface area (Å²) in [5.74, 6) is 0.0279. The number of amides is 2. The van der Waals surface area contributed by atoms with Crippen LogP contribution >= 0.6 is 0 Å². The molecule has 0 aliphatic carbocycles. The first kappa shape index (κ1) is 24.7. The average Bonchev–Trinajstić information content (AvgIpc) is 3.07. The van der Waals surface area contributed by atoms with Crippen molar-refractivity contribution in [1.29, 1.82) is 0 Å². The molecule has 3 rings (SSSR count). The fourth-order valence-electron chi connectivity index (χ4n) is 4.49. The molecule has 2 aromatic rings. The highest BCUT2D eigenvalue weighted by atomic mass is 16.2. The Morgan fingerprint density at radius 3 is 2.55 bits per heavy atom. The summed E-state index contributed by atoms with van der Waals surface area (Å²) in [6, 6.07) is 15.0. The van der Waals surface area contributed by atoms with Crippen LogP contribution in [0.4, 0.5) is 0 Å². The van der Waals surface area contributed by atoms with Gasteiger partial charge in [0.15, 0.2) is 0 Å². The van der Waals surface area contributed by atoms with Crippen LogP contribution in [-0.4, -0.2) is 42.1 Å². The molecule has 1 saturated heterocycles. The van der Waals surface area contributed by atoms with Crippen LogP contribution in [0.15, 0.2) is 48.5 Å². The summed E-state index contributed by atoms with van der Waals surface area (Å²) in [7, 11) is 0. The first-order valence-corrected chi connectivity index (χ1v) is 12.4. The highest BCUT2D eigenvalue weighted by Gasteiger charge is 2.28. The zero-order chi connectivity index (χ0) is 23.5. The molecule has 176 valence electrons. The van der Waals surface area contributed by atoms with Crippen LogP contribution in [0, 0.1) is 0 Å². The highest BCUT2D eigenvalue weighted by Crippen LogP contribution is 2.23. The molecule has 0 spiro atoms. The molecular formula is C28H36N2O3. The minimum absolute atomic E-state index is 0.00329. The molecule has 33 heavy (non-hydrogen) atoms. The Hall–Kier alpha value is -2.95. The van der Waals surface area contributed by atoms with E-state index in [0.29, 0.717) is 30.6 Å². The molecule has 0 unspecified atom stereocenters. The van der Waals surface area contributed by atoms with Gasteiger partial charge in [0.05, 0.1) is 0 Å². The molecule has 2 amide bonds. The summed E-state index contributed by atoms with van der Waals surface area (Å²) in [4.78, 5) is 38.7. The first-order chi connectivity index (χ1) is 16.1. The van der Waals surface area contributed by atoms with Gasteiger partial charge in [-0.05, 0) is 48.6 Å². The SMILES string of the molecule is CCCCCCCCN(C(=O)c1ccc(-c2cccc(C=O)c2)cc1)[C@H]1CCCNC(=O)C1. The van der Waals surface area contributed by atoms with Crippen molar-refractivity contribution in [2.24, 2.45) is 0 Å². The van der Waals surface area contributed by atoms with E-state index in [1.807, 2.05) is 47.4 Å². The Morgan fingerprint density at radius 2 is 1.79 bits per heavy atom. The van der Waals surface area contributed by atoms with Crippen LogP contribution < -0.4 is 5.32 Å². The molecule has 1 aliphatic heterocycles. The van der Waals surface area contributed by atoms with E-state index in [0.717, 1.165) is 43.1 Å². The van der Waals surface area contributed by atoms with Gasteiger partial charge >= 0.3 is 0 Å². The Bertz CT molecular complexity index is 923. The van der Waals surface area contributed by atoms with E-state index in [-0.39, 0.29) is 17.9 Å². The third-order valence-electron chi connectivity index (χ3n) is 6.40. The fraction of sp³-hybridized carbons (Fsp3) is 0.464. The zero-order valence-corrected chi connectivity index (χ0v) is 19.7. The maximum atomic E-state index is 13.5. The topological polar surface area (TPSA) is 66.5 Å². The summed E-state index contributed by atoms with van der Waals surface area (Å²) >= 11 is 0. The molecule has 1 heterocycles. The molecule has 0 aromatic heterocycles. The first-order valence-electron chi connectivity index (χ1n) is 12.4. The summed E-state index contributed by atoms with van der Waals surface area (Å²) in [6.45, 7) is 3.58. The maximum Gasteiger partial charge on any atom is 0.254 e. The van der Waals surface area contributed by atoms with Gasteiger partial charge in [-0.25, -0.2) is 0 Å². The van der Waals surface area contributed by atoms with E-state index in [2.05, 4.69) is 12.2 Å². The number of nitrogens with one attached hydrogen (secondary N) is 1. The Labute approximate surface area is 197 Å². The Morgan fingerprint density at radius 1 is 1.03 bits per heavy atom. The fourth-order valence-corrected chi connectivity index (χ4v) is 4.49. The van der Waals surface area contributed by atoms with Crippen LogP contribution in [0.1, 0.15) is 85.4 Å². The number of benzene rings is 2. The van der Waals surface area contributed by atoms with E-state index < -0.39 is 0 Å². The van der Waals surface area contributed by atoms with Gasteiger partial charge < -0.3 is 10.2 Å². The van der Waals surface area contributed by atoms with Crippen molar-refractivity contribution < 1.29 is 14.4 Å². The standard InChI is InChI=1S/C28H36N2O3/c1-2-3-4-5-6-7-18-30(26-12-9-17-29-27(32)20-26)28(33)24-15-13-23(14-16-24)25-11-8-10-22(19-25)21-31/h8,10-11,13-16,19,21,26H,2-7,9,12,17-18,20H2,1H3,(H,29,32)/t26-/m0/s1. The lowest BCUT2D eigenvalue weighted by Gasteiger charge is -2.31. The lowest BCUT2D eigenvalue weighted by Crippen LogP contribution is -2.42. The number of aldehydes is 1. The summed E-state index contributed by atoms with van der Waals surface area (Å²) in [5, 5.41) is 2.93. The zero-order valence-electron chi connectivity index (χ0n) is 19.7.